The van der Waals surface area contributed by atoms with Gasteiger partial charge in [0.05, 0.1) is 0 Å². The molecule has 1 aliphatic rings. The van der Waals surface area contributed by atoms with E-state index < -0.39 is 17.8 Å². The van der Waals surface area contributed by atoms with Crippen LogP contribution in [-0.2, 0) is 11.3 Å². The van der Waals surface area contributed by atoms with Gasteiger partial charge < -0.3 is 19.8 Å². The summed E-state index contributed by atoms with van der Waals surface area (Å²) in [6, 6.07) is 16.3. The van der Waals surface area contributed by atoms with E-state index >= 15 is 0 Å². The predicted molar refractivity (Wildman–Crippen MR) is 136 cm³/mol. The summed E-state index contributed by atoms with van der Waals surface area (Å²) < 4.78 is 5.73. The van der Waals surface area contributed by atoms with Crippen LogP contribution in [0.1, 0.15) is 64.5 Å². The zero-order valence-corrected chi connectivity index (χ0v) is 21.2. The first-order valence-electron chi connectivity index (χ1n) is 12.4. The van der Waals surface area contributed by atoms with Crippen LogP contribution in [0.15, 0.2) is 48.5 Å². The normalized spacial score (nSPS) is 17.8. The summed E-state index contributed by atoms with van der Waals surface area (Å²) in [6.07, 6.45) is 1.44. The molecule has 34 heavy (non-hydrogen) atoms. The molecule has 0 aromatic heterocycles. The van der Waals surface area contributed by atoms with Gasteiger partial charge in [0.15, 0.2) is 5.60 Å². The van der Waals surface area contributed by atoms with Crippen LogP contribution in [-0.4, -0.2) is 52.5 Å². The zero-order chi connectivity index (χ0) is 24.9. The second kappa shape index (κ2) is 11.2. The molecule has 1 fully saturated rings. The van der Waals surface area contributed by atoms with E-state index in [1.807, 2.05) is 18.2 Å². The number of rotatable bonds is 10. The lowest BCUT2D eigenvalue weighted by molar-refractivity contribution is -0.152. The Morgan fingerprint density at radius 3 is 2.53 bits per heavy atom. The van der Waals surface area contributed by atoms with Gasteiger partial charge in [-0.05, 0) is 62.4 Å². The number of hydrogen-bond donors (Lipinski definition) is 2. The first kappa shape index (κ1) is 26.0. The number of hydrogen-bond acceptors (Lipinski definition) is 5. The summed E-state index contributed by atoms with van der Waals surface area (Å²) in [6.45, 7) is 12.7. The zero-order valence-electron chi connectivity index (χ0n) is 21.2. The predicted octanol–water partition coefficient (Wildman–Crippen LogP) is 5.11. The number of benzene rings is 2. The van der Waals surface area contributed by atoms with E-state index in [0.29, 0.717) is 11.7 Å². The molecule has 186 valence electrons. The van der Waals surface area contributed by atoms with E-state index in [1.165, 1.54) is 11.1 Å². The molecule has 2 aromatic rings. The molecule has 6 nitrogen and oxygen atoms in total. The van der Waals surface area contributed by atoms with Gasteiger partial charge >= 0.3 is 5.97 Å². The van der Waals surface area contributed by atoms with Crippen molar-refractivity contribution >= 4 is 11.7 Å². The summed E-state index contributed by atoms with van der Waals surface area (Å²) in [7, 11) is 0. The Labute approximate surface area is 204 Å². The molecule has 1 saturated heterocycles. The van der Waals surface area contributed by atoms with Gasteiger partial charge in [-0.15, -0.1) is 0 Å². The van der Waals surface area contributed by atoms with Crippen LogP contribution in [0, 0.1) is 5.92 Å². The van der Waals surface area contributed by atoms with E-state index in [9.17, 15) is 15.0 Å². The number of aliphatic carboxylic acids is 1. The molecule has 2 unspecified atom stereocenters. The average molecular weight is 469 g/mol. The molecule has 2 atom stereocenters. The van der Waals surface area contributed by atoms with E-state index in [4.69, 9.17) is 4.74 Å². The van der Waals surface area contributed by atoms with Gasteiger partial charge in [0.25, 0.3) is 0 Å². The van der Waals surface area contributed by atoms with Gasteiger partial charge in [0.2, 0.25) is 0 Å². The molecule has 0 saturated carbocycles. The molecule has 2 aromatic carbocycles. The fourth-order valence-corrected chi connectivity index (χ4v) is 4.50. The smallest absolute Gasteiger partial charge is 0.347 e. The SMILES string of the molecule is CCN(Cc1ccc(C(C)C)cc1)C(O)C1CCCN(c2cccc(OC(C)(C)C(=O)O)c2)C1. The summed E-state index contributed by atoms with van der Waals surface area (Å²) in [4.78, 5) is 15.8. The van der Waals surface area contributed by atoms with Crippen molar-refractivity contribution in [3.63, 3.8) is 0 Å². The molecule has 0 aliphatic carbocycles. The minimum Gasteiger partial charge on any atom is -0.478 e. The molecule has 0 radical (unpaired) electrons. The summed E-state index contributed by atoms with van der Waals surface area (Å²) in [5.41, 5.74) is 2.23. The van der Waals surface area contributed by atoms with Crippen molar-refractivity contribution in [3.05, 3.63) is 59.7 Å². The third-order valence-electron chi connectivity index (χ3n) is 6.76. The van der Waals surface area contributed by atoms with Crippen LogP contribution in [0.25, 0.3) is 0 Å². The minimum atomic E-state index is -1.30. The maximum atomic E-state index is 11.4. The molecule has 0 bridgehead atoms. The van der Waals surface area contributed by atoms with E-state index in [-0.39, 0.29) is 5.92 Å². The number of nitrogens with zero attached hydrogens (tertiary/aromatic N) is 2. The Bertz CT molecular complexity index is 942. The maximum Gasteiger partial charge on any atom is 0.347 e. The van der Waals surface area contributed by atoms with E-state index in [1.54, 1.807) is 19.9 Å². The molecule has 6 heteroatoms. The number of carboxylic acids is 1. The van der Waals surface area contributed by atoms with Crippen LogP contribution in [0.2, 0.25) is 0 Å². The number of carbonyl (C=O) groups is 1. The second-order valence-electron chi connectivity index (χ2n) is 10.1. The van der Waals surface area contributed by atoms with Gasteiger partial charge in [-0.2, -0.15) is 0 Å². The molecule has 0 amide bonds. The van der Waals surface area contributed by atoms with Gasteiger partial charge in [-0.25, -0.2) is 4.79 Å². The van der Waals surface area contributed by atoms with Crippen LogP contribution >= 0.6 is 0 Å². The highest BCUT2D eigenvalue weighted by Crippen LogP contribution is 2.30. The third kappa shape index (κ3) is 6.51. The first-order chi connectivity index (χ1) is 16.1. The highest BCUT2D eigenvalue weighted by Gasteiger charge is 2.31. The van der Waals surface area contributed by atoms with Crippen molar-refractivity contribution < 1.29 is 19.7 Å². The van der Waals surface area contributed by atoms with Gasteiger partial charge in [0, 0.05) is 37.3 Å². The van der Waals surface area contributed by atoms with E-state index in [0.717, 1.165) is 44.7 Å². The molecular formula is C28H40N2O4. The number of carboxylic acid groups (broad SMARTS) is 1. The van der Waals surface area contributed by atoms with Crippen LogP contribution < -0.4 is 9.64 Å². The van der Waals surface area contributed by atoms with Crippen LogP contribution in [0.5, 0.6) is 5.75 Å². The first-order valence-corrected chi connectivity index (χ1v) is 12.4. The van der Waals surface area contributed by atoms with Crippen molar-refractivity contribution in [1.82, 2.24) is 4.90 Å². The number of aliphatic hydroxyl groups excluding tert-OH is 1. The van der Waals surface area contributed by atoms with Gasteiger partial charge in [0.1, 0.15) is 12.0 Å². The summed E-state index contributed by atoms with van der Waals surface area (Å²) in [5, 5.41) is 20.6. The Balaban J connectivity index is 1.67. The van der Waals surface area contributed by atoms with Crippen molar-refractivity contribution in [2.24, 2.45) is 5.92 Å². The number of anilines is 1. The minimum absolute atomic E-state index is 0.128. The molecular weight excluding hydrogens is 428 g/mol. The fourth-order valence-electron chi connectivity index (χ4n) is 4.50. The number of aliphatic hydroxyl groups is 1. The summed E-state index contributed by atoms with van der Waals surface area (Å²) >= 11 is 0. The topological polar surface area (TPSA) is 73.2 Å². The largest absolute Gasteiger partial charge is 0.478 e. The molecule has 1 aliphatic heterocycles. The van der Waals surface area contributed by atoms with Gasteiger partial charge in [-0.1, -0.05) is 51.1 Å². The summed E-state index contributed by atoms with van der Waals surface area (Å²) in [5.74, 6) is 0.170. The maximum absolute atomic E-state index is 11.4. The Kier molecular flexibility index (Phi) is 8.61. The highest BCUT2D eigenvalue weighted by molar-refractivity contribution is 5.76. The number of ether oxygens (including phenoxy) is 1. The Morgan fingerprint density at radius 2 is 1.91 bits per heavy atom. The number of piperidine rings is 1. The third-order valence-corrected chi connectivity index (χ3v) is 6.76. The van der Waals surface area contributed by atoms with Crippen molar-refractivity contribution in [1.29, 1.82) is 0 Å². The molecule has 2 N–H and O–H groups in total. The lowest BCUT2D eigenvalue weighted by atomic mass is 9.94. The van der Waals surface area contributed by atoms with Crippen molar-refractivity contribution in [3.8, 4) is 5.75 Å². The highest BCUT2D eigenvalue weighted by atomic mass is 16.5. The fraction of sp³-hybridized carbons (Fsp3) is 0.536. The average Bonchev–Trinajstić information content (AvgIpc) is 2.82. The van der Waals surface area contributed by atoms with Crippen molar-refractivity contribution in [2.45, 2.75) is 71.8 Å². The van der Waals surface area contributed by atoms with Crippen LogP contribution in [0.3, 0.4) is 0 Å². The lowest BCUT2D eigenvalue weighted by Gasteiger charge is -2.40. The van der Waals surface area contributed by atoms with Crippen LogP contribution in [0.4, 0.5) is 5.69 Å². The molecule has 3 rings (SSSR count). The molecule has 0 spiro atoms. The quantitative estimate of drug-likeness (QED) is 0.472. The Hall–Kier alpha value is -2.57. The van der Waals surface area contributed by atoms with E-state index in [2.05, 4.69) is 54.8 Å². The second-order valence-corrected chi connectivity index (χ2v) is 10.1. The monoisotopic (exact) mass is 468 g/mol. The standard InChI is InChI=1S/C28H40N2O4/c1-6-29(18-21-12-14-22(15-13-21)20(2)3)26(31)23-9-8-16-30(19-23)24-10-7-11-25(17-24)34-28(4,5)27(32)33/h7,10-15,17,20,23,26,31H,6,8-9,16,18-19H2,1-5H3,(H,32,33). The molecule has 1 heterocycles. The van der Waals surface area contributed by atoms with Gasteiger partial charge in [-0.3, -0.25) is 4.90 Å². The van der Waals surface area contributed by atoms with Crippen molar-refractivity contribution in [2.75, 3.05) is 24.5 Å². The Morgan fingerprint density at radius 1 is 1.21 bits per heavy atom. The lowest BCUT2D eigenvalue weighted by Crippen LogP contribution is -2.47.